The van der Waals surface area contributed by atoms with Crippen LogP contribution in [0.4, 0.5) is 23.7 Å². The Morgan fingerprint density at radius 3 is 2.43 bits per heavy atom. The summed E-state index contributed by atoms with van der Waals surface area (Å²) in [4.78, 5) is 13.4. The van der Waals surface area contributed by atoms with E-state index in [1.165, 1.54) is 30.9 Å². The average molecular weight is 329 g/mol. The molecule has 0 heterocycles. The van der Waals surface area contributed by atoms with Crippen molar-refractivity contribution in [1.29, 1.82) is 5.26 Å². The van der Waals surface area contributed by atoms with E-state index in [1.54, 1.807) is 6.92 Å². The monoisotopic (exact) mass is 329 g/mol. The van der Waals surface area contributed by atoms with Crippen LogP contribution in [0.1, 0.15) is 31.9 Å². The maximum atomic E-state index is 12.9. The van der Waals surface area contributed by atoms with Gasteiger partial charge in [-0.1, -0.05) is 0 Å². The smallest absolute Gasteiger partial charge is 0.389 e. The number of hydrogen-bond acceptors (Lipinski definition) is 3. The number of urea groups is 1. The molecule has 1 aromatic rings. The second-order valence-electron chi connectivity index (χ2n) is 5.63. The van der Waals surface area contributed by atoms with E-state index in [-0.39, 0.29) is 18.8 Å². The van der Waals surface area contributed by atoms with Crippen molar-refractivity contribution in [3.8, 4) is 6.07 Å². The number of rotatable bonds is 4. The number of likely N-dealkylation sites (N-methyl/N-ethyl adjacent to an activating group) is 1. The van der Waals surface area contributed by atoms with E-state index in [9.17, 15) is 23.1 Å². The van der Waals surface area contributed by atoms with Gasteiger partial charge in [0.25, 0.3) is 0 Å². The highest BCUT2D eigenvalue weighted by Gasteiger charge is 2.34. The highest BCUT2D eigenvalue weighted by atomic mass is 19.4. The molecule has 0 spiro atoms. The van der Waals surface area contributed by atoms with E-state index < -0.39 is 28.9 Å². The number of benzene rings is 1. The lowest BCUT2D eigenvalue weighted by Crippen LogP contribution is -2.44. The van der Waals surface area contributed by atoms with Crippen molar-refractivity contribution in [2.24, 2.45) is 0 Å². The minimum absolute atomic E-state index is 0.0255. The van der Waals surface area contributed by atoms with Gasteiger partial charge in [-0.15, -0.1) is 0 Å². The van der Waals surface area contributed by atoms with Crippen molar-refractivity contribution >= 4 is 11.7 Å². The lowest BCUT2D eigenvalue weighted by Gasteiger charge is -2.28. The zero-order valence-electron chi connectivity index (χ0n) is 13.0. The van der Waals surface area contributed by atoms with Gasteiger partial charge in [0.1, 0.15) is 0 Å². The van der Waals surface area contributed by atoms with Gasteiger partial charge >= 0.3 is 12.2 Å². The van der Waals surface area contributed by atoms with E-state index in [4.69, 9.17) is 5.26 Å². The SMILES string of the molecule is CCN(CC(C)(C)O)C(=O)Nc1ccc(C#N)c(C(F)(F)F)c1. The van der Waals surface area contributed by atoms with Crippen molar-refractivity contribution in [3.05, 3.63) is 29.3 Å². The molecule has 2 N–H and O–H groups in total. The van der Waals surface area contributed by atoms with Gasteiger partial charge in [0, 0.05) is 12.2 Å². The van der Waals surface area contributed by atoms with Crippen LogP contribution in [0.3, 0.4) is 0 Å². The molecule has 126 valence electrons. The molecular formula is C15H18F3N3O2. The molecule has 0 aromatic heterocycles. The fraction of sp³-hybridized carbons (Fsp3) is 0.467. The number of halogens is 3. The molecule has 0 radical (unpaired) electrons. The van der Waals surface area contributed by atoms with Gasteiger partial charge in [-0.25, -0.2) is 4.79 Å². The first-order valence-electron chi connectivity index (χ1n) is 6.87. The van der Waals surface area contributed by atoms with Crippen molar-refractivity contribution in [2.45, 2.75) is 32.5 Å². The van der Waals surface area contributed by atoms with E-state index in [1.807, 2.05) is 0 Å². The molecule has 8 heteroatoms. The molecule has 0 aliphatic rings. The van der Waals surface area contributed by atoms with Gasteiger partial charge in [-0.05, 0) is 39.0 Å². The van der Waals surface area contributed by atoms with Crippen LogP contribution in [0, 0.1) is 11.3 Å². The van der Waals surface area contributed by atoms with Gasteiger partial charge in [-0.2, -0.15) is 18.4 Å². The Labute approximate surface area is 132 Å². The molecule has 0 saturated carbocycles. The normalized spacial score (nSPS) is 11.7. The fourth-order valence-corrected chi connectivity index (χ4v) is 1.95. The molecule has 0 aliphatic heterocycles. The summed E-state index contributed by atoms with van der Waals surface area (Å²) in [5.41, 5.74) is -2.83. The molecule has 5 nitrogen and oxygen atoms in total. The van der Waals surface area contributed by atoms with Crippen LogP contribution in [0.15, 0.2) is 18.2 Å². The molecule has 0 fully saturated rings. The first kappa shape index (κ1) is 18.8. The summed E-state index contributed by atoms with van der Waals surface area (Å²) in [6, 6.07) is 3.79. The molecule has 0 unspecified atom stereocenters. The minimum Gasteiger partial charge on any atom is -0.389 e. The first-order chi connectivity index (χ1) is 10.5. The summed E-state index contributed by atoms with van der Waals surface area (Å²) in [6.07, 6.45) is -4.69. The second-order valence-corrected chi connectivity index (χ2v) is 5.63. The van der Waals surface area contributed by atoms with Crippen molar-refractivity contribution in [1.82, 2.24) is 4.90 Å². The number of aliphatic hydroxyl groups is 1. The fourth-order valence-electron chi connectivity index (χ4n) is 1.95. The molecule has 23 heavy (non-hydrogen) atoms. The van der Waals surface area contributed by atoms with Crippen LogP contribution >= 0.6 is 0 Å². The molecule has 1 aromatic carbocycles. The molecule has 0 atom stereocenters. The van der Waals surface area contributed by atoms with Gasteiger partial charge in [0.2, 0.25) is 0 Å². The van der Waals surface area contributed by atoms with E-state index >= 15 is 0 Å². The summed E-state index contributed by atoms with van der Waals surface area (Å²) >= 11 is 0. The Hall–Kier alpha value is -2.27. The Kier molecular flexibility index (Phi) is 5.61. The third-order valence-corrected chi connectivity index (χ3v) is 2.94. The van der Waals surface area contributed by atoms with Crippen molar-refractivity contribution in [2.75, 3.05) is 18.4 Å². The Balaban J connectivity index is 3.01. The summed E-state index contributed by atoms with van der Waals surface area (Å²) in [7, 11) is 0. The lowest BCUT2D eigenvalue weighted by molar-refractivity contribution is -0.137. The van der Waals surface area contributed by atoms with Crippen LogP contribution in [-0.4, -0.2) is 34.7 Å². The number of amides is 2. The topological polar surface area (TPSA) is 76.4 Å². The van der Waals surface area contributed by atoms with Gasteiger partial charge in [0.15, 0.2) is 0 Å². The van der Waals surface area contributed by atoms with E-state index in [2.05, 4.69) is 5.32 Å². The zero-order chi connectivity index (χ0) is 17.8. The third kappa shape index (κ3) is 5.45. The molecule has 0 bridgehead atoms. The quantitative estimate of drug-likeness (QED) is 0.890. The van der Waals surface area contributed by atoms with Crippen LogP contribution in [0.5, 0.6) is 0 Å². The Bertz CT molecular complexity index is 616. The van der Waals surface area contributed by atoms with Crippen molar-refractivity contribution in [3.63, 3.8) is 0 Å². The van der Waals surface area contributed by atoms with Crippen LogP contribution < -0.4 is 5.32 Å². The molecule has 1 rings (SSSR count). The highest BCUT2D eigenvalue weighted by molar-refractivity contribution is 5.89. The van der Waals surface area contributed by atoms with Crippen molar-refractivity contribution < 1.29 is 23.1 Å². The largest absolute Gasteiger partial charge is 0.417 e. The molecule has 0 saturated heterocycles. The number of nitrogens with one attached hydrogen (secondary N) is 1. The molecular weight excluding hydrogens is 311 g/mol. The number of hydrogen-bond donors (Lipinski definition) is 2. The lowest BCUT2D eigenvalue weighted by atomic mass is 10.1. The van der Waals surface area contributed by atoms with Crippen LogP contribution in [-0.2, 0) is 6.18 Å². The first-order valence-corrected chi connectivity index (χ1v) is 6.87. The number of carbonyl (C=O) groups is 1. The van der Waals surface area contributed by atoms with Crippen LogP contribution in [0.25, 0.3) is 0 Å². The van der Waals surface area contributed by atoms with Gasteiger partial charge in [0.05, 0.1) is 29.3 Å². The standard InChI is InChI=1S/C15H18F3N3O2/c1-4-21(9-14(2,3)23)13(22)20-11-6-5-10(8-19)12(7-11)15(16,17)18/h5-7,23H,4,9H2,1-3H3,(H,20,22). The highest BCUT2D eigenvalue weighted by Crippen LogP contribution is 2.33. The summed E-state index contributed by atoms with van der Waals surface area (Å²) < 4.78 is 38.7. The maximum absolute atomic E-state index is 12.9. The zero-order valence-corrected chi connectivity index (χ0v) is 13.0. The summed E-state index contributed by atoms with van der Waals surface area (Å²) in [6.45, 7) is 5.03. The van der Waals surface area contributed by atoms with Crippen LogP contribution in [0.2, 0.25) is 0 Å². The van der Waals surface area contributed by atoms with Gasteiger partial charge < -0.3 is 15.3 Å². The van der Waals surface area contributed by atoms with E-state index in [0.717, 1.165) is 6.07 Å². The maximum Gasteiger partial charge on any atom is 0.417 e. The number of alkyl halides is 3. The van der Waals surface area contributed by atoms with E-state index in [0.29, 0.717) is 6.07 Å². The predicted molar refractivity (Wildman–Crippen MR) is 78.7 cm³/mol. The number of anilines is 1. The number of nitrogens with zero attached hydrogens (tertiary/aromatic N) is 2. The average Bonchev–Trinajstić information content (AvgIpc) is 2.42. The second kappa shape index (κ2) is 6.87. The molecule has 0 aliphatic carbocycles. The Morgan fingerprint density at radius 1 is 1.39 bits per heavy atom. The number of nitriles is 1. The number of carbonyl (C=O) groups excluding carboxylic acids is 1. The predicted octanol–water partition coefficient (Wildman–Crippen LogP) is 3.20. The molecule has 2 amide bonds. The summed E-state index contributed by atoms with van der Waals surface area (Å²) in [5.74, 6) is 0. The van der Waals surface area contributed by atoms with Gasteiger partial charge in [-0.3, -0.25) is 0 Å². The third-order valence-electron chi connectivity index (χ3n) is 2.94. The minimum atomic E-state index is -4.69. The Morgan fingerprint density at radius 2 is 2.00 bits per heavy atom. The summed E-state index contributed by atoms with van der Waals surface area (Å²) in [5, 5.41) is 20.8.